The SMILES string of the molecule is CC/C=C\C/C=C\C/C=C\C/C=C\CCC(=O)OCC(COC(=O)CCCCCCCCCCCCCCCCCCCCCCCCCCCC)OC(=O)CCCCCCCCC/C=C\CCCCCCCC. The van der Waals surface area contributed by atoms with Crippen LogP contribution in [0.15, 0.2) is 60.8 Å². The number of carbonyl (C=O) groups is 3. The number of hydrogen-bond acceptors (Lipinski definition) is 6. The summed E-state index contributed by atoms with van der Waals surface area (Å²) in [7, 11) is 0. The lowest BCUT2D eigenvalue weighted by Crippen LogP contribution is -2.30. The van der Waals surface area contributed by atoms with Crippen molar-refractivity contribution in [2.45, 2.75) is 341 Å². The topological polar surface area (TPSA) is 78.9 Å². The summed E-state index contributed by atoms with van der Waals surface area (Å²) in [5.41, 5.74) is 0. The maximum Gasteiger partial charge on any atom is 0.306 e. The number of allylic oxidation sites excluding steroid dienone is 10. The Morgan fingerprint density at radius 2 is 0.554 bits per heavy atom. The van der Waals surface area contributed by atoms with E-state index in [4.69, 9.17) is 14.2 Å². The average Bonchev–Trinajstić information content (AvgIpc) is 3.40. The molecule has 1 unspecified atom stereocenters. The van der Waals surface area contributed by atoms with Gasteiger partial charge < -0.3 is 14.2 Å². The molecule has 1 atom stereocenters. The van der Waals surface area contributed by atoms with Crippen LogP contribution in [0.5, 0.6) is 0 Å². The van der Waals surface area contributed by atoms with Gasteiger partial charge in [-0.05, 0) is 70.6 Å². The fourth-order valence-corrected chi connectivity index (χ4v) is 9.45. The van der Waals surface area contributed by atoms with Crippen molar-refractivity contribution in [1.82, 2.24) is 0 Å². The van der Waals surface area contributed by atoms with Gasteiger partial charge in [0.25, 0.3) is 0 Å². The summed E-state index contributed by atoms with van der Waals surface area (Å²) in [6, 6.07) is 0. The van der Waals surface area contributed by atoms with Crippen molar-refractivity contribution in [3.8, 4) is 0 Å². The minimum absolute atomic E-state index is 0.0948. The lowest BCUT2D eigenvalue weighted by atomic mass is 10.0. The Kier molecular flexibility index (Phi) is 60.2. The first-order valence-electron chi connectivity index (χ1n) is 32.3. The van der Waals surface area contributed by atoms with E-state index in [1.54, 1.807) is 0 Å². The Hall–Kier alpha value is -2.89. The predicted octanol–water partition coefficient (Wildman–Crippen LogP) is 21.9. The van der Waals surface area contributed by atoms with Crippen LogP contribution in [0, 0.1) is 0 Å². The molecule has 6 nitrogen and oxygen atoms in total. The zero-order valence-electron chi connectivity index (χ0n) is 49.4. The molecule has 0 aromatic rings. The molecule has 0 bridgehead atoms. The van der Waals surface area contributed by atoms with Gasteiger partial charge >= 0.3 is 17.9 Å². The summed E-state index contributed by atoms with van der Waals surface area (Å²) in [4.78, 5) is 38.2. The molecule has 0 saturated heterocycles. The molecule has 74 heavy (non-hydrogen) atoms. The van der Waals surface area contributed by atoms with Crippen LogP contribution >= 0.6 is 0 Å². The molecule has 0 radical (unpaired) electrons. The molecule has 0 amide bonds. The van der Waals surface area contributed by atoms with Gasteiger partial charge in [0, 0.05) is 19.3 Å². The molecule has 0 aliphatic carbocycles. The Balaban J connectivity index is 4.26. The van der Waals surface area contributed by atoms with E-state index in [-0.39, 0.29) is 37.5 Å². The number of unbranched alkanes of at least 4 members (excludes halogenated alkanes) is 38. The summed E-state index contributed by atoms with van der Waals surface area (Å²) in [6.07, 6.45) is 79.7. The van der Waals surface area contributed by atoms with Gasteiger partial charge in [0.2, 0.25) is 0 Å². The van der Waals surface area contributed by atoms with Crippen molar-refractivity contribution in [3.63, 3.8) is 0 Å². The smallest absolute Gasteiger partial charge is 0.306 e. The molecule has 0 spiro atoms. The minimum atomic E-state index is -0.804. The zero-order valence-corrected chi connectivity index (χ0v) is 49.4. The summed E-state index contributed by atoms with van der Waals surface area (Å²) in [5, 5.41) is 0. The van der Waals surface area contributed by atoms with Crippen LogP contribution in [0.2, 0.25) is 0 Å². The van der Waals surface area contributed by atoms with Gasteiger partial charge in [0.05, 0.1) is 0 Å². The van der Waals surface area contributed by atoms with Crippen molar-refractivity contribution in [3.05, 3.63) is 60.8 Å². The molecule has 0 rings (SSSR count). The molecule has 0 aliphatic heterocycles. The third-order valence-corrected chi connectivity index (χ3v) is 14.3. The molecule has 0 aromatic heterocycles. The number of carbonyl (C=O) groups excluding carboxylic acids is 3. The fourth-order valence-electron chi connectivity index (χ4n) is 9.45. The Morgan fingerprint density at radius 1 is 0.284 bits per heavy atom. The molecule has 0 aliphatic rings. The number of hydrogen-bond donors (Lipinski definition) is 0. The normalized spacial score (nSPS) is 12.4. The van der Waals surface area contributed by atoms with E-state index >= 15 is 0 Å². The molecule has 6 heteroatoms. The summed E-state index contributed by atoms with van der Waals surface area (Å²) < 4.78 is 16.8. The van der Waals surface area contributed by atoms with Crippen molar-refractivity contribution in [1.29, 1.82) is 0 Å². The van der Waals surface area contributed by atoms with E-state index in [0.29, 0.717) is 19.3 Å². The van der Waals surface area contributed by atoms with Gasteiger partial charge in [-0.1, -0.05) is 306 Å². The first-order chi connectivity index (χ1) is 36.5. The molecule has 0 heterocycles. The van der Waals surface area contributed by atoms with Crippen LogP contribution in [-0.2, 0) is 28.6 Å². The van der Waals surface area contributed by atoms with Gasteiger partial charge in [-0.15, -0.1) is 0 Å². The molecule has 0 N–H and O–H groups in total. The molecular weight excluding hydrogens is 913 g/mol. The first kappa shape index (κ1) is 71.1. The van der Waals surface area contributed by atoms with E-state index in [2.05, 4.69) is 75.5 Å². The maximum absolute atomic E-state index is 12.9. The largest absolute Gasteiger partial charge is 0.462 e. The Bertz CT molecular complexity index is 1330. The molecule has 0 fully saturated rings. The average molecular weight is 1040 g/mol. The Labute approximate surface area is 460 Å². The molecule has 0 aromatic carbocycles. The van der Waals surface area contributed by atoms with E-state index in [0.717, 1.165) is 64.2 Å². The highest BCUT2D eigenvalue weighted by molar-refractivity contribution is 5.71. The van der Waals surface area contributed by atoms with Crippen molar-refractivity contribution >= 4 is 17.9 Å². The van der Waals surface area contributed by atoms with Gasteiger partial charge in [0.1, 0.15) is 13.2 Å². The number of rotatable bonds is 59. The second kappa shape index (κ2) is 62.6. The minimum Gasteiger partial charge on any atom is -0.462 e. The number of ether oxygens (including phenoxy) is 3. The van der Waals surface area contributed by atoms with Gasteiger partial charge in [0.15, 0.2) is 6.10 Å². The summed E-state index contributed by atoms with van der Waals surface area (Å²) >= 11 is 0. The zero-order chi connectivity index (χ0) is 53.6. The summed E-state index contributed by atoms with van der Waals surface area (Å²) in [6.45, 7) is 6.50. The van der Waals surface area contributed by atoms with Crippen molar-refractivity contribution in [2.75, 3.05) is 13.2 Å². The van der Waals surface area contributed by atoms with Crippen LogP contribution in [-0.4, -0.2) is 37.2 Å². The lowest BCUT2D eigenvalue weighted by molar-refractivity contribution is -0.166. The van der Waals surface area contributed by atoms with Crippen molar-refractivity contribution < 1.29 is 28.6 Å². The van der Waals surface area contributed by atoms with E-state index < -0.39 is 6.10 Å². The standard InChI is InChI=1S/C68H122O6/c1-4-7-10-13-16-19-22-25-27-29-30-31-32-33-34-35-36-37-39-40-43-46-49-52-55-58-61-67(70)73-64-65(63-72-66(69)60-57-54-51-48-45-42-24-21-18-15-12-9-6-3)74-68(71)62-59-56-53-50-47-44-41-38-28-26-23-20-17-14-11-8-5-2/h9,12,18,21,26,28,42,45,51,54,65H,4-8,10-11,13-17,19-20,22-25,27,29-41,43-44,46-50,52-53,55-64H2,1-3H3/b12-9-,21-18-,28-26-,45-42-,54-51-. The van der Waals surface area contributed by atoms with E-state index in [9.17, 15) is 14.4 Å². The van der Waals surface area contributed by atoms with Crippen molar-refractivity contribution in [2.24, 2.45) is 0 Å². The van der Waals surface area contributed by atoms with Gasteiger partial charge in [-0.3, -0.25) is 14.4 Å². The van der Waals surface area contributed by atoms with E-state index in [1.165, 1.54) is 225 Å². The third-order valence-electron chi connectivity index (χ3n) is 14.3. The van der Waals surface area contributed by atoms with Crippen LogP contribution in [0.3, 0.4) is 0 Å². The quantitative estimate of drug-likeness (QED) is 0.0261. The van der Waals surface area contributed by atoms with Gasteiger partial charge in [-0.25, -0.2) is 0 Å². The fraction of sp³-hybridized carbons (Fsp3) is 0.809. The van der Waals surface area contributed by atoms with Crippen LogP contribution in [0.25, 0.3) is 0 Å². The second-order valence-corrected chi connectivity index (χ2v) is 21.6. The predicted molar refractivity (Wildman–Crippen MR) is 321 cm³/mol. The third kappa shape index (κ3) is 60.0. The van der Waals surface area contributed by atoms with Crippen LogP contribution in [0.1, 0.15) is 335 Å². The lowest BCUT2D eigenvalue weighted by Gasteiger charge is -2.18. The van der Waals surface area contributed by atoms with Gasteiger partial charge in [-0.2, -0.15) is 0 Å². The number of esters is 3. The molecule has 0 saturated carbocycles. The second-order valence-electron chi connectivity index (χ2n) is 21.6. The molecular formula is C68H122O6. The first-order valence-corrected chi connectivity index (χ1v) is 32.3. The highest BCUT2D eigenvalue weighted by Crippen LogP contribution is 2.18. The molecule has 430 valence electrons. The monoisotopic (exact) mass is 1030 g/mol. The maximum atomic E-state index is 12.9. The van der Waals surface area contributed by atoms with E-state index in [1.807, 2.05) is 6.08 Å². The Morgan fingerprint density at radius 3 is 0.905 bits per heavy atom. The van der Waals surface area contributed by atoms with Crippen LogP contribution < -0.4 is 0 Å². The van der Waals surface area contributed by atoms with Crippen LogP contribution in [0.4, 0.5) is 0 Å². The highest BCUT2D eigenvalue weighted by Gasteiger charge is 2.19. The summed E-state index contributed by atoms with van der Waals surface area (Å²) in [5.74, 6) is -0.968. The highest BCUT2D eigenvalue weighted by atomic mass is 16.6.